The van der Waals surface area contributed by atoms with Crippen molar-refractivity contribution in [2.24, 2.45) is 0 Å². The Morgan fingerprint density at radius 3 is 2.18 bits per heavy atom. The molecule has 0 aliphatic carbocycles. The number of ether oxygens (including phenoxy) is 5. The third-order valence-corrected chi connectivity index (χ3v) is 12.9. The SMILES string of the molecule is CS(=O)(=O)n1ccc(C(=O)NC(COCc2ccc(C(=O)NCCOCCOCCOCCNC(=O)COc3ccc4c(c3)C(=O)N(C3CCC(=O)NC3=O)C4=O)cc2)C(=O)Nc2nc(-c3ccccc3)cs2)c1. The molecule has 74 heavy (non-hydrogen) atoms. The van der Waals surface area contributed by atoms with Crippen LogP contribution in [0.15, 0.2) is 96.6 Å². The van der Waals surface area contributed by atoms with Gasteiger partial charge < -0.3 is 45.0 Å². The molecular formula is C49H52N8O15S2. The van der Waals surface area contributed by atoms with Gasteiger partial charge in [-0.25, -0.2) is 13.4 Å². The van der Waals surface area contributed by atoms with Gasteiger partial charge in [-0.2, -0.15) is 0 Å². The van der Waals surface area contributed by atoms with E-state index in [1.54, 1.807) is 29.6 Å². The van der Waals surface area contributed by atoms with Gasteiger partial charge in [0.1, 0.15) is 17.8 Å². The van der Waals surface area contributed by atoms with Crippen LogP contribution in [0.5, 0.6) is 5.75 Å². The Labute approximate surface area is 428 Å². The second-order valence-electron chi connectivity index (χ2n) is 16.5. The fourth-order valence-electron chi connectivity index (χ4n) is 7.34. The summed E-state index contributed by atoms with van der Waals surface area (Å²) >= 11 is 1.21. The summed E-state index contributed by atoms with van der Waals surface area (Å²) in [7, 11) is -3.64. The lowest BCUT2D eigenvalue weighted by Gasteiger charge is -2.27. The minimum absolute atomic E-state index is 0.00543. The number of amides is 8. The molecule has 3 aromatic carbocycles. The van der Waals surface area contributed by atoms with Crippen molar-refractivity contribution in [2.75, 3.05) is 77.5 Å². The number of carbonyl (C=O) groups excluding carboxylic acids is 8. The molecule has 390 valence electrons. The van der Waals surface area contributed by atoms with Crippen LogP contribution in [0, 0.1) is 0 Å². The van der Waals surface area contributed by atoms with Crippen LogP contribution in [0.25, 0.3) is 11.3 Å². The zero-order valence-corrected chi connectivity index (χ0v) is 41.5. The molecule has 0 bridgehead atoms. The predicted octanol–water partition coefficient (Wildman–Crippen LogP) is 1.75. The maximum absolute atomic E-state index is 13.5. The number of piperidine rings is 1. The summed E-state index contributed by atoms with van der Waals surface area (Å²) in [6, 6.07) is 19.2. The molecule has 1 saturated heterocycles. The zero-order valence-electron chi connectivity index (χ0n) is 39.9. The molecule has 7 rings (SSSR count). The second-order valence-corrected chi connectivity index (χ2v) is 19.3. The molecule has 0 spiro atoms. The van der Waals surface area contributed by atoms with Crippen molar-refractivity contribution in [3.63, 3.8) is 0 Å². The minimum Gasteiger partial charge on any atom is -0.484 e. The Bertz CT molecular complexity index is 2960. The summed E-state index contributed by atoms with van der Waals surface area (Å²) in [5.41, 5.74) is 2.75. The lowest BCUT2D eigenvalue weighted by molar-refractivity contribution is -0.136. The molecule has 2 atom stereocenters. The summed E-state index contributed by atoms with van der Waals surface area (Å²) in [6.45, 7) is 1.39. The number of fused-ring (bicyclic) bond motifs is 1. The molecule has 4 heterocycles. The van der Waals surface area contributed by atoms with E-state index in [0.29, 0.717) is 22.0 Å². The van der Waals surface area contributed by atoms with E-state index in [-0.39, 0.29) is 114 Å². The number of imide groups is 2. The lowest BCUT2D eigenvalue weighted by atomic mass is 10.0. The van der Waals surface area contributed by atoms with Crippen LogP contribution in [-0.4, -0.2) is 154 Å². The van der Waals surface area contributed by atoms with E-state index in [9.17, 15) is 46.8 Å². The van der Waals surface area contributed by atoms with Gasteiger partial charge >= 0.3 is 0 Å². The third kappa shape index (κ3) is 15.0. The Morgan fingerprint density at radius 1 is 0.797 bits per heavy atom. The van der Waals surface area contributed by atoms with Crippen LogP contribution in [0.2, 0.25) is 0 Å². The van der Waals surface area contributed by atoms with E-state index in [4.69, 9.17) is 23.7 Å². The van der Waals surface area contributed by atoms with Crippen molar-refractivity contribution in [1.82, 2.24) is 35.1 Å². The van der Waals surface area contributed by atoms with Gasteiger partial charge in [0.2, 0.25) is 21.8 Å². The number of nitrogens with zero attached hydrogens (tertiary/aromatic N) is 3. The molecule has 2 aromatic heterocycles. The van der Waals surface area contributed by atoms with Gasteiger partial charge in [0.05, 0.1) is 81.5 Å². The van der Waals surface area contributed by atoms with Gasteiger partial charge in [-0.3, -0.25) is 52.5 Å². The Hall–Kier alpha value is -7.68. The van der Waals surface area contributed by atoms with E-state index in [2.05, 4.69) is 31.6 Å². The third-order valence-electron chi connectivity index (χ3n) is 11.1. The smallest absolute Gasteiger partial charge is 0.262 e. The van der Waals surface area contributed by atoms with Crippen molar-refractivity contribution in [3.8, 4) is 17.0 Å². The Balaban J connectivity index is 0.725. The van der Waals surface area contributed by atoms with Gasteiger partial charge in [-0.1, -0.05) is 42.5 Å². The van der Waals surface area contributed by atoms with E-state index < -0.39 is 63.5 Å². The average Bonchev–Trinajstić information content (AvgIpc) is 4.14. The van der Waals surface area contributed by atoms with Crippen LogP contribution in [-0.2, 0) is 54.8 Å². The van der Waals surface area contributed by atoms with Crippen molar-refractivity contribution < 1.29 is 70.5 Å². The number of hydrogen-bond acceptors (Lipinski definition) is 17. The first-order chi connectivity index (χ1) is 35.6. The fraction of sp³-hybridized carbons (Fsp3) is 0.327. The van der Waals surface area contributed by atoms with E-state index in [0.717, 1.165) is 26.9 Å². The quantitative estimate of drug-likeness (QED) is 0.0370. The molecule has 1 fully saturated rings. The van der Waals surface area contributed by atoms with Gasteiger partial charge in [0.25, 0.3) is 35.4 Å². The highest BCUT2D eigenvalue weighted by molar-refractivity contribution is 7.89. The largest absolute Gasteiger partial charge is 0.484 e. The highest BCUT2D eigenvalue weighted by atomic mass is 32.2. The molecule has 2 aliphatic heterocycles. The van der Waals surface area contributed by atoms with Crippen LogP contribution in [0.4, 0.5) is 5.13 Å². The number of hydrogen-bond donors (Lipinski definition) is 5. The number of aromatic nitrogens is 2. The average molecular weight is 1060 g/mol. The maximum Gasteiger partial charge on any atom is 0.262 e. The van der Waals surface area contributed by atoms with Gasteiger partial charge in [0, 0.05) is 48.4 Å². The van der Waals surface area contributed by atoms with Gasteiger partial charge in [0.15, 0.2) is 11.7 Å². The normalized spacial score (nSPS) is 14.8. The summed E-state index contributed by atoms with van der Waals surface area (Å²) in [6.07, 6.45) is 3.41. The number of anilines is 1. The molecule has 2 unspecified atom stereocenters. The molecule has 2 aliphatic rings. The molecule has 0 saturated carbocycles. The summed E-state index contributed by atoms with van der Waals surface area (Å²) in [4.78, 5) is 107. The van der Waals surface area contributed by atoms with Crippen LogP contribution < -0.4 is 31.3 Å². The molecule has 5 aromatic rings. The van der Waals surface area contributed by atoms with E-state index >= 15 is 0 Å². The first-order valence-corrected chi connectivity index (χ1v) is 25.8. The minimum atomic E-state index is -3.64. The zero-order chi connectivity index (χ0) is 52.6. The molecule has 5 N–H and O–H groups in total. The number of benzene rings is 3. The predicted molar refractivity (Wildman–Crippen MR) is 265 cm³/mol. The molecule has 8 amide bonds. The Morgan fingerprint density at radius 2 is 1.49 bits per heavy atom. The fourth-order valence-corrected chi connectivity index (χ4v) is 8.65. The topological polar surface area (TPSA) is 298 Å². The van der Waals surface area contributed by atoms with Crippen molar-refractivity contribution in [2.45, 2.75) is 31.5 Å². The standard InChI is InChI=1S/C49H52N8O15S2/c1-74(66,67)56-18-15-34(26-56)44(61)52-38(45(62)55-49-53-39(30-73-49)32-5-3-2-4-6-32)28-71-27-31-7-9-33(10-8-31)43(60)51-17-20-69-22-24-70-23-21-68-19-16-50-42(59)29-72-35-11-12-36-37(25-35)48(65)57(47(36)64)40-13-14-41(58)54-46(40)63/h2-12,15,18,25-26,30,38,40H,13-14,16-17,19-24,27-29H2,1H3,(H,50,59)(H,51,60)(H,52,61)(H,53,55,62)(H,54,58,63). The van der Waals surface area contributed by atoms with Crippen LogP contribution in [0.3, 0.4) is 0 Å². The van der Waals surface area contributed by atoms with E-state index in [1.165, 1.54) is 41.8 Å². The summed E-state index contributed by atoms with van der Waals surface area (Å²) < 4.78 is 52.6. The van der Waals surface area contributed by atoms with Crippen molar-refractivity contribution >= 4 is 73.7 Å². The molecule has 23 nitrogen and oxygen atoms in total. The number of rotatable bonds is 27. The van der Waals surface area contributed by atoms with Gasteiger partial charge in [-0.15, -0.1) is 11.3 Å². The number of nitrogens with one attached hydrogen (secondary N) is 5. The number of carbonyl (C=O) groups is 8. The summed E-state index contributed by atoms with van der Waals surface area (Å²) in [5, 5.41) is 15.0. The molecule has 25 heteroatoms. The monoisotopic (exact) mass is 1060 g/mol. The van der Waals surface area contributed by atoms with Crippen LogP contribution in [0.1, 0.15) is 59.8 Å². The highest BCUT2D eigenvalue weighted by Crippen LogP contribution is 2.30. The highest BCUT2D eigenvalue weighted by Gasteiger charge is 2.44. The Kier molecular flexibility index (Phi) is 18.9. The van der Waals surface area contributed by atoms with Crippen molar-refractivity contribution in [1.29, 1.82) is 0 Å². The van der Waals surface area contributed by atoms with Crippen molar-refractivity contribution in [3.05, 3.63) is 124 Å². The number of thiazole rings is 1. The first kappa shape index (κ1) is 54.1. The first-order valence-electron chi connectivity index (χ1n) is 23.1. The molecular weight excluding hydrogens is 1000 g/mol. The maximum atomic E-state index is 13.5. The van der Waals surface area contributed by atoms with E-state index in [1.807, 2.05) is 30.3 Å². The summed E-state index contributed by atoms with van der Waals surface area (Å²) in [5.74, 6) is -4.39. The van der Waals surface area contributed by atoms with Gasteiger partial charge in [-0.05, 0) is 48.4 Å². The van der Waals surface area contributed by atoms with Crippen LogP contribution >= 0.6 is 11.3 Å². The lowest BCUT2D eigenvalue weighted by Crippen LogP contribution is -2.54. The second kappa shape index (κ2) is 25.8. The molecule has 0 radical (unpaired) electrons.